The molecule has 4 nitrogen and oxygen atoms in total. The van der Waals surface area contributed by atoms with E-state index in [-0.39, 0.29) is 29.8 Å². The second kappa shape index (κ2) is 12.6. The summed E-state index contributed by atoms with van der Waals surface area (Å²) in [5.74, 6) is 0.458. The van der Waals surface area contributed by atoms with E-state index in [9.17, 15) is 4.39 Å². The highest BCUT2D eigenvalue weighted by atomic mass is 127. The molecule has 0 amide bonds. The van der Waals surface area contributed by atoms with E-state index in [0.717, 1.165) is 17.7 Å². The molecule has 0 saturated carbocycles. The molecular weight excluding hydrogens is 444 g/mol. The highest BCUT2D eigenvalue weighted by molar-refractivity contribution is 14.0. The van der Waals surface area contributed by atoms with Crippen molar-refractivity contribution in [3.8, 4) is 0 Å². The first-order valence-corrected chi connectivity index (χ1v) is 8.64. The summed E-state index contributed by atoms with van der Waals surface area (Å²) >= 11 is 0. The average Bonchev–Trinajstić information content (AvgIpc) is 2.64. The fourth-order valence-electron chi connectivity index (χ4n) is 2.29. The minimum Gasteiger partial charge on any atom is -0.377 e. The Labute approximate surface area is 172 Å². The van der Waals surface area contributed by atoms with Crippen LogP contribution in [0.25, 0.3) is 0 Å². The van der Waals surface area contributed by atoms with Crippen LogP contribution in [0, 0.1) is 5.82 Å². The van der Waals surface area contributed by atoms with Gasteiger partial charge in [-0.15, -0.1) is 24.0 Å². The van der Waals surface area contributed by atoms with E-state index < -0.39 is 0 Å². The fraction of sp³-hybridized carbons (Fsp3) is 0.350. The van der Waals surface area contributed by atoms with Gasteiger partial charge in [0.1, 0.15) is 5.82 Å². The smallest absolute Gasteiger partial charge is 0.191 e. The van der Waals surface area contributed by atoms with Gasteiger partial charge in [-0.25, -0.2) is 9.38 Å². The monoisotopic (exact) mass is 471 g/mol. The molecule has 0 atom stereocenters. The van der Waals surface area contributed by atoms with E-state index in [1.165, 1.54) is 6.07 Å². The van der Waals surface area contributed by atoms with E-state index in [0.29, 0.717) is 37.8 Å². The lowest BCUT2D eigenvalue weighted by atomic mass is 10.1. The van der Waals surface area contributed by atoms with Crippen molar-refractivity contribution in [1.29, 1.82) is 0 Å². The van der Waals surface area contributed by atoms with Crippen LogP contribution in [0.1, 0.15) is 30.5 Å². The summed E-state index contributed by atoms with van der Waals surface area (Å²) in [7, 11) is 0. The molecule has 0 unspecified atom stereocenters. The van der Waals surface area contributed by atoms with Gasteiger partial charge in [-0.3, -0.25) is 0 Å². The largest absolute Gasteiger partial charge is 0.377 e. The molecule has 6 heteroatoms. The topological polar surface area (TPSA) is 45.7 Å². The minimum absolute atomic E-state index is 0. The van der Waals surface area contributed by atoms with Crippen molar-refractivity contribution >= 4 is 29.9 Å². The number of halogens is 2. The summed E-state index contributed by atoms with van der Waals surface area (Å²) in [6.07, 6.45) is 0. The normalized spacial score (nSPS) is 11.0. The molecule has 0 bridgehead atoms. The number of nitrogens with one attached hydrogen (secondary N) is 2. The van der Waals surface area contributed by atoms with Gasteiger partial charge in [-0.1, -0.05) is 42.5 Å². The van der Waals surface area contributed by atoms with Gasteiger partial charge in [0.05, 0.1) is 13.2 Å². The van der Waals surface area contributed by atoms with Crippen LogP contribution in [0.15, 0.2) is 53.5 Å². The summed E-state index contributed by atoms with van der Waals surface area (Å²) < 4.78 is 19.1. The van der Waals surface area contributed by atoms with Gasteiger partial charge in [-0.2, -0.15) is 0 Å². The third kappa shape index (κ3) is 7.70. The number of ether oxygens (including phenoxy) is 1. The van der Waals surface area contributed by atoms with Gasteiger partial charge >= 0.3 is 0 Å². The van der Waals surface area contributed by atoms with Crippen molar-refractivity contribution in [3.63, 3.8) is 0 Å². The van der Waals surface area contributed by atoms with Crippen LogP contribution >= 0.6 is 24.0 Å². The van der Waals surface area contributed by atoms with Crippen molar-refractivity contribution in [2.45, 2.75) is 33.5 Å². The van der Waals surface area contributed by atoms with Gasteiger partial charge in [0, 0.05) is 25.3 Å². The SMILES string of the molecule is CCNC(=NCc1ccc(COCC)cc1)NCc1ccccc1F.I. The van der Waals surface area contributed by atoms with E-state index >= 15 is 0 Å². The molecular formula is C20H27FIN3O. The summed E-state index contributed by atoms with van der Waals surface area (Å²) in [5, 5.41) is 6.34. The van der Waals surface area contributed by atoms with Gasteiger partial charge < -0.3 is 15.4 Å². The third-order valence-electron chi connectivity index (χ3n) is 3.66. The Balaban J connectivity index is 0.00000338. The van der Waals surface area contributed by atoms with Crippen LogP contribution in [0.2, 0.25) is 0 Å². The number of hydrogen-bond donors (Lipinski definition) is 2. The number of guanidine groups is 1. The maximum atomic E-state index is 13.7. The quantitative estimate of drug-likeness (QED) is 0.344. The van der Waals surface area contributed by atoms with Crippen LogP contribution < -0.4 is 10.6 Å². The molecule has 2 aromatic carbocycles. The zero-order valence-electron chi connectivity index (χ0n) is 15.3. The molecule has 0 heterocycles. The van der Waals surface area contributed by atoms with Gasteiger partial charge in [0.25, 0.3) is 0 Å². The second-order valence-electron chi connectivity index (χ2n) is 5.59. The highest BCUT2D eigenvalue weighted by Gasteiger charge is 2.03. The lowest BCUT2D eigenvalue weighted by Gasteiger charge is -2.12. The van der Waals surface area contributed by atoms with E-state index in [1.807, 2.05) is 19.9 Å². The summed E-state index contributed by atoms with van der Waals surface area (Å²) in [4.78, 5) is 4.56. The predicted octanol–water partition coefficient (Wildman–Crippen LogP) is 4.24. The first-order chi connectivity index (χ1) is 12.2. The minimum atomic E-state index is -0.212. The Morgan fingerprint density at radius 3 is 2.35 bits per heavy atom. The van der Waals surface area contributed by atoms with Gasteiger partial charge in [-0.05, 0) is 31.0 Å². The summed E-state index contributed by atoms with van der Waals surface area (Å²) in [5.41, 5.74) is 2.89. The lowest BCUT2D eigenvalue weighted by molar-refractivity contribution is 0.134. The molecule has 0 radical (unpaired) electrons. The Bertz CT molecular complexity index is 677. The fourth-order valence-corrected chi connectivity index (χ4v) is 2.29. The Kier molecular flexibility index (Phi) is 10.9. The summed E-state index contributed by atoms with van der Waals surface area (Å²) in [6.45, 7) is 7.03. The van der Waals surface area contributed by atoms with Gasteiger partial charge in [0.2, 0.25) is 0 Å². The maximum Gasteiger partial charge on any atom is 0.191 e. The second-order valence-corrected chi connectivity index (χ2v) is 5.59. The molecule has 2 aromatic rings. The van der Waals surface area contributed by atoms with E-state index in [2.05, 4.69) is 39.9 Å². The molecule has 0 spiro atoms. The van der Waals surface area contributed by atoms with Crippen molar-refractivity contribution in [2.24, 2.45) is 4.99 Å². The van der Waals surface area contributed by atoms with Crippen molar-refractivity contribution in [2.75, 3.05) is 13.2 Å². The Morgan fingerprint density at radius 2 is 1.69 bits per heavy atom. The number of nitrogens with zero attached hydrogens (tertiary/aromatic N) is 1. The Hall–Kier alpha value is -1.67. The molecule has 0 aliphatic carbocycles. The molecule has 2 N–H and O–H groups in total. The molecule has 0 aromatic heterocycles. The molecule has 26 heavy (non-hydrogen) atoms. The zero-order chi connectivity index (χ0) is 17.9. The maximum absolute atomic E-state index is 13.7. The number of benzene rings is 2. The predicted molar refractivity (Wildman–Crippen MR) is 115 cm³/mol. The van der Waals surface area contributed by atoms with Crippen LogP contribution in [-0.2, 0) is 24.4 Å². The molecule has 142 valence electrons. The number of rotatable bonds is 8. The van der Waals surface area contributed by atoms with Crippen LogP contribution in [0.3, 0.4) is 0 Å². The van der Waals surface area contributed by atoms with E-state index in [1.54, 1.807) is 12.1 Å². The van der Waals surface area contributed by atoms with E-state index in [4.69, 9.17) is 4.74 Å². The molecule has 0 aliphatic rings. The first-order valence-electron chi connectivity index (χ1n) is 8.64. The molecule has 0 aliphatic heterocycles. The first kappa shape index (κ1) is 22.4. The average molecular weight is 471 g/mol. The molecule has 0 fully saturated rings. The van der Waals surface area contributed by atoms with Crippen molar-refractivity contribution in [3.05, 3.63) is 71.0 Å². The highest BCUT2D eigenvalue weighted by Crippen LogP contribution is 2.08. The molecule has 2 rings (SSSR count). The lowest BCUT2D eigenvalue weighted by Crippen LogP contribution is -2.37. The third-order valence-corrected chi connectivity index (χ3v) is 3.66. The van der Waals surface area contributed by atoms with Crippen LogP contribution in [0.4, 0.5) is 4.39 Å². The zero-order valence-corrected chi connectivity index (χ0v) is 17.6. The van der Waals surface area contributed by atoms with Crippen molar-refractivity contribution < 1.29 is 9.13 Å². The van der Waals surface area contributed by atoms with Crippen molar-refractivity contribution in [1.82, 2.24) is 10.6 Å². The van der Waals surface area contributed by atoms with Gasteiger partial charge in [0.15, 0.2) is 5.96 Å². The van der Waals surface area contributed by atoms with Crippen LogP contribution in [-0.4, -0.2) is 19.1 Å². The standard InChI is InChI=1S/C20H26FN3O.HI/c1-3-22-20(24-14-18-7-5-6-8-19(18)21)23-13-16-9-11-17(12-10-16)15-25-4-2;/h5-12H,3-4,13-15H2,1-2H3,(H2,22,23,24);1H. The van der Waals surface area contributed by atoms with Crippen LogP contribution in [0.5, 0.6) is 0 Å². The molecule has 0 saturated heterocycles. The summed E-state index contributed by atoms with van der Waals surface area (Å²) in [6, 6.07) is 15.0. The number of aliphatic imine (C=N–C) groups is 1. The number of hydrogen-bond acceptors (Lipinski definition) is 2. The Morgan fingerprint density at radius 1 is 1.00 bits per heavy atom.